The predicted octanol–water partition coefficient (Wildman–Crippen LogP) is 1.62. The number of rotatable bonds is 2. The summed E-state index contributed by atoms with van der Waals surface area (Å²) in [4.78, 5) is 0. The molecule has 2 nitrogen and oxygen atoms in total. The van der Waals surface area contributed by atoms with Gasteiger partial charge in [0.05, 0.1) is 0 Å². The van der Waals surface area contributed by atoms with Crippen molar-refractivity contribution in [3.8, 4) is 0 Å². The van der Waals surface area contributed by atoms with E-state index in [1.54, 1.807) is 0 Å². The Labute approximate surface area is 61.9 Å². The zero-order valence-corrected chi connectivity index (χ0v) is 6.83. The minimum atomic E-state index is 0.718. The van der Waals surface area contributed by atoms with Crippen LogP contribution in [0, 0.1) is 5.92 Å². The summed E-state index contributed by atoms with van der Waals surface area (Å²) in [5, 5.41) is 4.09. The Bertz CT molecular complexity index is 201. The molecule has 2 heteroatoms. The summed E-state index contributed by atoms with van der Waals surface area (Å²) in [6, 6.07) is 2.07. The summed E-state index contributed by atoms with van der Waals surface area (Å²) in [5.41, 5.74) is 1.31. The Hall–Kier alpha value is -0.790. The highest BCUT2D eigenvalue weighted by Gasteiger charge is 1.99. The van der Waals surface area contributed by atoms with Crippen LogP contribution in [0.5, 0.6) is 0 Å². The second-order valence-electron chi connectivity index (χ2n) is 3.04. The van der Waals surface area contributed by atoms with Crippen LogP contribution in [0.3, 0.4) is 0 Å². The fourth-order valence-electron chi connectivity index (χ4n) is 1.02. The maximum absolute atomic E-state index is 4.09. The van der Waals surface area contributed by atoms with Crippen LogP contribution in [0.1, 0.15) is 19.5 Å². The van der Waals surface area contributed by atoms with Crippen molar-refractivity contribution in [2.24, 2.45) is 13.0 Å². The molecular formula is C8H14N2. The van der Waals surface area contributed by atoms with Crippen LogP contribution in [-0.4, -0.2) is 9.78 Å². The highest BCUT2D eigenvalue weighted by molar-refractivity contribution is 5.00. The summed E-state index contributed by atoms with van der Waals surface area (Å²) in [5.74, 6) is 0.718. The zero-order chi connectivity index (χ0) is 7.56. The van der Waals surface area contributed by atoms with Crippen molar-refractivity contribution in [3.05, 3.63) is 18.0 Å². The molecule has 0 aliphatic rings. The van der Waals surface area contributed by atoms with Gasteiger partial charge in [-0.05, 0) is 18.4 Å². The first-order valence-corrected chi connectivity index (χ1v) is 3.67. The van der Waals surface area contributed by atoms with Crippen molar-refractivity contribution in [1.82, 2.24) is 9.78 Å². The molecule has 1 aromatic rings. The van der Waals surface area contributed by atoms with Crippen molar-refractivity contribution in [2.45, 2.75) is 20.3 Å². The Morgan fingerprint density at radius 1 is 1.60 bits per heavy atom. The van der Waals surface area contributed by atoms with Gasteiger partial charge in [0.25, 0.3) is 0 Å². The highest BCUT2D eigenvalue weighted by Crippen LogP contribution is 2.04. The second-order valence-corrected chi connectivity index (χ2v) is 3.04. The van der Waals surface area contributed by atoms with Gasteiger partial charge < -0.3 is 0 Å². The molecule has 0 unspecified atom stereocenters. The molecule has 0 fully saturated rings. The molecule has 0 atom stereocenters. The van der Waals surface area contributed by atoms with Crippen LogP contribution >= 0.6 is 0 Å². The molecule has 56 valence electrons. The van der Waals surface area contributed by atoms with Crippen molar-refractivity contribution in [1.29, 1.82) is 0 Å². The van der Waals surface area contributed by atoms with Gasteiger partial charge in [0, 0.05) is 18.9 Å². The van der Waals surface area contributed by atoms with Crippen LogP contribution < -0.4 is 0 Å². The molecule has 0 N–H and O–H groups in total. The zero-order valence-electron chi connectivity index (χ0n) is 6.83. The lowest BCUT2D eigenvalue weighted by atomic mass is 10.1. The standard InChI is InChI=1S/C8H14N2/c1-7(2)6-8-4-5-9-10(8)3/h4-5,7H,6H2,1-3H3. The first-order valence-electron chi connectivity index (χ1n) is 3.67. The van der Waals surface area contributed by atoms with E-state index in [4.69, 9.17) is 0 Å². The number of hydrogen-bond acceptors (Lipinski definition) is 1. The highest BCUT2D eigenvalue weighted by atomic mass is 15.2. The molecule has 1 heterocycles. The lowest BCUT2D eigenvalue weighted by Gasteiger charge is -2.03. The molecule has 1 aromatic heterocycles. The van der Waals surface area contributed by atoms with Gasteiger partial charge in [-0.2, -0.15) is 5.10 Å². The van der Waals surface area contributed by atoms with Crippen molar-refractivity contribution >= 4 is 0 Å². The van der Waals surface area contributed by atoms with E-state index in [2.05, 4.69) is 25.0 Å². The predicted molar refractivity (Wildman–Crippen MR) is 41.8 cm³/mol. The van der Waals surface area contributed by atoms with E-state index in [0.717, 1.165) is 12.3 Å². The second kappa shape index (κ2) is 2.86. The maximum Gasteiger partial charge on any atom is 0.0492 e. The summed E-state index contributed by atoms with van der Waals surface area (Å²) >= 11 is 0. The molecule has 0 aromatic carbocycles. The largest absolute Gasteiger partial charge is 0.273 e. The quantitative estimate of drug-likeness (QED) is 0.607. The number of hydrogen-bond donors (Lipinski definition) is 0. The van der Waals surface area contributed by atoms with Gasteiger partial charge in [-0.1, -0.05) is 13.8 Å². The lowest BCUT2D eigenvalue weighted by Crippen LogP contribution is -2.01. The topological polar surface area (TPSA) is 17.8 Å². The molecule has 0 amide bonds. The monoisotopic (exact) mass is 138 g/mol. The molecule has 10 heavy (non-hydrogen) atoms. The minimum Gasteiger partial charge on any atom is -0.273 e. The maximum atomic E-state index is 4.09. The molecule has 0 bridgehead atoms. The van der Waals surface area contributed by atoms with E-state index < -0.39 is 0 Å². The van der Waals surface area contributed by atoms with Crippen LogP contribution in [0.15, 0.2) is 12.3 Å². The summed E-state index contributed by atoms with van der Waals surface area (Å²) in [7, 11) is 1.98. The lowest BCUT2D eigenvalue weighted by molar-refractivity contribution is 0.596. The SMILES string of the molecule is CC(C)Cc1ccnn1C. The molecule has 1 rings (SSSR count). The Balaban J connectivity index is 2.65. The van der Waals surface area contributed by atoms with Crippen LogP contribution in [0.25, 0.3) is 0 Å². The Morgan fingerprint density at radius 3 is 2.70 bits per heavy atom. The molecule has 0 saturated carbocycles. The molecular weight excluding hydrogens is 124 g/mol. The van der Waals surface area contributed by atoms with Gasteiger partial charge in [0.2, 0.25) is 0 Å². The van der Waals surface area contributed by atoms with Gasteiger partial charge in [-0.3, -0.25) is 4.68 Å². The van der Waals surface area contributed by atoms with Crippen molar-refractivity contribution in [2.75, 3.05) is 0 Å². The average Bonchev–Trinajstić information content (AvgIpc) is 2.15. The number of aryl methyl sites for hydroxylation is 1. The van der Waals surface area contributed by atoms with Crippen molar-refractivity contribution < 1.29 is 0 Å². The first-order chi connectivity index (χ1) is 4.70. The summed E-state index contributed by atoms with van der Waals surface area (Å²) < 4.78 is 1.93. The average molecular weight is 138 g/mol. The summed E-state index contributed by atoms with van der Waals surface area (Å²) in [6.07, 6.45) is 2.97. The van der Waals surface area contributed by atoms with E-state index in [1.807, 2.05) is 17.9 Å². The van der Waals surface area contributed by atoms with Crippen LogP contribution in [-0.2, 0) is 13.5 Å². The van der Waals surface area contributed by atoms with Gasteiger partial charge in [-0.15, -0.1) is 0 Å². The van der Waals surface area contributed by atoms with Gasteiger partial charge >= 0.3 is 0 Å². The van der Waals surface area contributed by atoms with Gasteiger partial charge in [0.15, 0.2) is 0 Å². The summed E-state index contributed by atoms with van der Waals surface area (Å²) in [6.45, 7) is 4.43. The third-order valence-corrected chi connectivity index (χ3v) is 1.54. The van der Waals surface area contributed by atoms with Crippen LogP contribution in [0.2, 0.25) is 0 Å². The fourth-order valence-corrected chi connectivity index (χ4v) is 1.02. The van der Waals surface area contributed by atoms with E-state index >= 15 is 0 Å². The normalized spacial score (nSPS) is 10.8. The molecule has 0 radical (unpaired) electrons. The van der Waals surface area contributed by atoms with E-state index in [1.165, 1.54) is 5.69 Å². The Kier molecular flexibility index (Phi) is 2.10. The van der Waals surface area contributed by atoms with Gasteiger partial charge in [0.1, 0.15) is 0 Å². The van der Waals surface area contributed by atoms with Crippen molar-refractivity contribution in [3.63, 3.8) is 0 Å². The minimum absolute atomic E-state index is 0.718. The number of nitrogens with zero attached hydrogens (tertiary/aromatic N) is 2. The number of aromatic nitrogens is 2. The smallest absolute Gasteiger partial charge is 0.0492 e. The molecule has 0 aliphatic carbocycles. The Morgan fingerprint density at radius 2 is 2.30 bits per heavy atom. The molecule has 0 spiro atoms. The van der Waals surface area contributed by atoms with E-state index in [-0.39, 0.29) is 0 Å². The molecule has 0 aliphatic heterocycles. The van der Waals surface area contributed by atoms with E-state index in [0.29, 0.717) is 0 Å². The molecule has 0 saturated heterocycles. The van der Waals surface area contributed by atoms with Crippen LogP contribution in [0.4, 0.5) is 0 Å². The third kappa shape index (κ3) is 1.59. The fraction of sp³-hybridized carbons (Fsp3) is 0.625. The third-order valence-electron chi connectivity index (χ3n) is 1.54. The van der Waals surface area contributed by atoms with E-state index in [9.17, 15) is 0 Å². The van der Waals surface area contributed by atoms with Gasteiger partial charge in [-0.25, -0.2) is 0 Å². The first kappa shape index (κ1) is 7.32.